The summed E-state index contributed by atoms with van der Waals surface area (Å²) in [5, 5.41) is 2.33. The first-order chi connectivity index (χ1) is 11.7. The minimum absolute atomic E-state index is 0.000186. The lowest BCUT2D eigenvalue weighted by Gasteiger charge is -2.10. The van der Waals surface area contributed by atoms with Crippen molar-refractivity contribution in [3.05, 3.63) is 63.4 Å². The lowest BCUT2D eigenvalue weighted by molar-refractivity contribution is -0.153. The molecule has 0 radical (unpaired) electrons. The average Bonchev–Trinajstić information content (AvgIpc) is 2.54. The highest BCUT2D eigenvalue weighted by molar-refractivity contribution is 6.36. The van der Waals surface area contributed by atoms with Gasteiger partial charge >= 0.3 is 6.18 Å². The van der Waals surface area contributed by atoms with Crippen LogP contribution in [0.3, 0.4) is 0 Å². The first-order valence-electron chi connectivity index (χ1n) is 6.87. The van der Waals surface area contributed by atoms with Gasteiger partial charge in [0.15, 0.2) is 6.61 Å². The molecule has 0 saturated carbocycles. The smallest absolute Gasteiger partial charge is 0.422 e. The second kappa shape index (κ2) is 7.93. The zero-order valence-corrected chi connectivity index (χ0v) is 14.0. The zero-order valence-electron chi connectivity index (χ0n) is 12.5. The van der Waals surface area contributed by atoms with E-state index in [1.165, 1.54) is 24.3 Å². The van der Waals surface area contributed by atoms with Crippen LogP contribution in [0, 0.1) is 5.82 Å². The van der Waals surface area contributed by atoms with Gasteiger partial charge in [-0.15, -0.1) is 0 Å². The van der Waals surface area contributed by atoms with Crippen LogP contribution in [0.2, 0.25) is 10.0 Å². The molecule has 0 saturated heterocycles. The molecular weight excluding hydrogens is 385 g/mol. The van der Waals surface area contributed by atoms with Gasteiger partial charge in [0.05, 0.1) is 15.6 Å². The Bertz CT molecular complexity index is 764. The van der Waals surface area contributed by atoms with Gasteiger partial charge in [0.2, 0.25) is 0 Å². The van der Waals surface area contributed by atoms with Crippen LogP contribution in [0.25, 0.3) is 0 Å². The van der Waals surface area contributed by atoms with E-state index < -0.39 is 24.5 Å². The summed E-state index contributed by atoms with van der Waals surface area (Å²) in [7, 11) is 0. The van der Waals surface area contributed by atoms with E-state index in [1.54, 1.807) is 0 Å². The van der Waals surface area contributed by atoms with E-state index in [4.69, 9.17) is 23.2 Å². The summed E-state index contributed by atoms with van der Waals surface area (Å²) in [5.41, 5.74) is 0.534. The molecule has 0 aromatic heterocycles. The molecule has 0 bridgehead atoms. The van der Waals surface area contributed by atoms with Crippen LogP contribution < -0.4 is 10.1 Å². The molecule has 134 valence electrons. The Morgan fingerprint density at radius 1 is 1.08 bits per heavy atom. The Kier molecular flexibility index (Phi) is 6.13. The van der Waals surface area contributed by atoms with Crippen molar-refractivity contribution in [2.24, 2.45) is 0 Å². The Morgan fingerprint density at radius 2 is 1.72 bits per heavy atom. The first-order valence-corrected chi connectivity index (χ1v) is 7.62. The van der Waals surface area contributed by atoms with E-state index in [2.05, 4.69) is 10.1 Å². The monoisotopic (exact) mass is 395 g/mol. The third-order valence-electron chi connectivity index (χ3n) is 3.03. The third kappa shape index (κ3) is 5.79. The van der Waals surface area contributed by atoms with Gasteiger partial charge in [-0.1, -0.05) is 35.3 Å². The van der Waals surface area contributed by atoms with E-state index in [0.717, 1.165) is 12.1 Å². The van der Waals surface area contributed by atoms with E-state index in [-0.39, 0.29) is 27.9 Å². The molecule has 25 heavy (non-hydrogen) atoms. The van der Waals surface area contributed by atoms with Gasteiger partial charge < -0.3 is 10.1 Å². The second-order valence-corrected chi connectivity index (χ2v) is 5.79. The van der Waals surface area contributed by atoms with Crippen molar-refractivity contribution >= 4 is 29.1 Å². The van der Waals surface area contributed by atoms with Crippen molar-refractivity contribution in [2.75, 3.05) is 6.61 Å². The molecular formula is C16H11Cl2F4NO2. The molecule has 1 N–H and O–H groups in total. The Morgan fingerprint density at radius 3 is 2.32 bits per heavy atom. The number of hydrogen-bond acceptors (Lipinski definition) is 2. The van der Waals surface area contributed by atoms with Crippen LogP contribution in [-0.4, -0.2) is 18.7 Å². The molecule has 0 aliphatic rings. The van der Waals surface area contributed by atoms with Gasteiger partial charge in [0.25, 0.3) is 5.91 Å². The number of ether oxygens (including phenoxy) is 1. The number of nitrogens with one attached hydrogen (secondary N) is 1. The standard InChI is InChI=1S/C16H11Cl2F4NO2/c17-12-6-13(18)14(19)5-11(12)15(24)23-7-9-1-3-10(4-2-9)25-8-16(20,21)22/h1-6H,7-8H2,(H,23,24). The molecule has 2 aromatic carbocycles. The molecule has 0 aliphatic heterocycles. The maximum Gasteiger partial charge on any atom is 0.422 e. The van der Waals surface area contributed by atoms with Crippen molar-refractivity contribution < 1.29 is 27.1 Å². The Balaban J connectivity index is 1.95. The summed E-state index contributed by atoms with van der Waals surface area (Å²) in [6, 6.07) is 7.74. The molecule has 0 aliphatic carbocycles. The van der Waals surface area contributed by atoms with Crippen molar-refractivity contribution in [1.29, 1.82) is 0 Å². The van der Waals surface area contributed by atoms with Crippen molar-refractivity contribution in [3.8, 4) is 5.75 Å². The largest absolute Gasteiger partial charge is 0.484 e. The van der Waals surface area contributed by atoms with Gasteiger partial charge in [-0.05, 0) is 29.8 Å². The quantitative estimate of drug-likeness (QED) is 0.571. The number of benzene rings is 2. The Hall–Kier alpha value is -1.99. The summed E-state index contributed by atoms with van der Waals surface area (Å²) in [6.45, 7) is -1.32. The van der Waals surface area contributed by atoms with Gasteiger partial charge in [-0.2, -0.15) is 13.2 Å². The van der Waals surface area contributed by atoms with Crippen molar-refractivity contribution in [3.63, 3.8) is 0 Å². The summed E-state index contributed by atoms with van der Waals surface area (Å²) in [6.07, 6.45) is -4.42. The first kappa shape index (κ1) is 19.3. The summed E-state index contributed by atoms with van der Waals surface area (Å²) >= 11 is 11.4. The SMILES string of the molecule is O=C(NCc1ccc(OCC(F)(F)F)cc1)c1cc(F)c(Cl)cc1Cl. The van der Waals surface area contributed by atoms with Crippen LogP contribution in [0.4, 0.5) is 17.6 Å². The highest BCUT2D eigenvalue weighted by atomic mass is 35.5. The summed E-state index contributed by atoms with van der Waals surface area (Å²) in [5.74, 6) is -1.34. The fourth-order valence-corrected chi connectivity index (χ4v) is 2.31. The maximum atomic E-state index is 13.4. The van der Waals surface area contributed by atoms with E-state index in [1.807, 2.05) is 0 Å². The fraction of sp³-hybridized carbons (Fsp3) is 0.188. The van der Waals surface area contributed by atoms with Gasteiger partial charge in [0, 0.05) is 6.54 Å². The van der Waals surface area contributed by atoms with Gasteiger partial charge in [-0.25, -0.2) is 4.39 Å². The fourth-order valence-electron chi connectivity index (χ4n) is 1.84. The second-order valence-electron chi connectivity index (χ2n) is 4.98. The van der Waals surface area contributed by atoms with E-state index in [9.17, 15) is 22.4 Å². The van der Waals surface area contributed by atoms with Crippen LogP contribution >= 0.6 is 23.2 Å². The molecule has 2 rings (SSSR count). The predicted molar refractivity (Wildman–Crippen MR) is 85.6 cm³/mol. The molecule has 9 heteroatoms. The predicted octanol–water partition coefficient (Wildman–Crippen LogP) is 5.00. The number of carbonyl (C=O) groups excluding carboxylic acids is 1. The van der Waals surface area contributed by atoms with Crippen LogP contribution in [-0.2, 0) is 6.54 Å². The van der Waals surface area contributed by atoms with Gasteiger partial charge in [0.1, 0.15) is 11.6 Å². The van der Waals surface area contributed by atoms with E-state index in [0.29, 0.717) is 5.56 Å². The van der Waals surface area contributed by atoms with Crippen LogP contribution in [0.1, 0.15) is 15.9 Å². The molecule has 0 unspecified atom stereocenters. The molecule has 2 aromatic rings. The average molecular weight is 396 g/mol. The molecule has 0 atom stereocenters. The number of halogens is 6. The normalized spacial score (nSPS) is 11.3. The van der Waals surface area contributed by atoms with Gasteiger partial charge in [-0.3, -0.25) is 4.79 Å². The zero-order chi connectivity index (χ0) is 18.6. The number of amides is 1. The highest BCUT2D eigenvalue weighted by Crippen LogP contribution is 2.24. The molecule has 0 fully saturated rings. The topological polar surface area (TPSA) is 38.3 Å². The lowest BCUT2D eigenvalue weighted by atomic mass is 10.2. The van der Waals surface area contributed by atoms with Crippen molar-refractivity contribution in [1.82, 2.24) is 5.32 Å². The van der Waals surface area contributed by atoms with Crippen LogP contribution in [0.5, 0.6) is 5.75 Å². The Labute approximate surface area is 150 Å². The summed E-state index contributed by atoms with van der Waals surface area (Å²) < 4.78 is 54.2. The molecule has 0 heterocycles. The maximum absolute atomic E-state index is 13.4. The molecule has 0 spiro atoms. The molecule has 3 nitrogen and oxygen atoms in total. The van der Waals surface area contributed by atoms with Crippen molar-refractivity contribution in [2.45, 2.75) is 12.7 Å². The minimum atomic E-state index is -4.42. The van der Waals surface area contributed by atoms with E-state index >= 15 is 0 Å². The lowest BCUT2D eigenvalue weighted by Crippen LogP contribution is -2.23. The molecule has 1 amide bonds. The summed E-state index contributed by atoms with van der Waals surface area (Å²) in [4.78, 5) is 12.0. The minimum Gasteiger partial charge on any atom is -0.484 e. The number of hydrogen-bond donors (Lipinski definition) is 1. The number of rotatable bonds is 5. The number of carbonyl (C=O) groups is 1. The third-order valence-corrected chi connectivity index (χ3v) is 3.64. The number of alkyl halides is 3. The van der Waals surface area contributed by atoms with Crippen LogP contribution in [0.15, 0.2) is 36.4 Å². The highest BCUT2D eigenvalue weighted by Gasteiger charge is 2.28.